The van der Waals surface area contributed by atoms with Gasteiger partial charge in [0.2, 0.25) is 0 Å². The van der Waals surface area contributed by atoms with Gasteiger partial charge in [-0.05, 0) is 31.0 Å². The molecule has 3 N–H and O–H groups in total. The van der Waals surface area contributed by atoms with Crippen molar-refractivity contribution in [1.29, 1.82) is 0 Å². The second kappa shape index (κ2) is 7.55. The van der Waals surface area contributed by atoms with Crippen LogP contribution >= 0.6 is 12.2 Å². The van der Waals surface area contributed by atoms with Crippen molar-refractivity contribution in [3.8, 4) is 0 Å². The molecule has 2 rings (SSSR count). The molecule has 0 amide bonds. The summed E-state index contributed by atoms with van der Waals surface area (Å²) in [5.41, 5.74) is 6.42. The Hall–Kier alpha value is -1.20. The number of hydrogen-bond donors (Lipinski definition) is 2. The van der Waals surface area contributed by atoms with E-state index < -0.39 is 5.82 Å². The molecular formula is C15H21FN2OS. The molecule has 0 aromatic heterocycles. The highest BCUT2D eigenvalue weighted by Gasteiger charge is 2.13. The third-order valence-corrected chi connectivity index (χ3v) is 3.79. The van der Waals surface area contributed by atoms with Gasteiger partial charge in [-0.15, -0.1) is 0 Å². The van der Waals surface area contributed by atoms with Gasteiger partial charge in [-0.2, -0.15) is 0 Å². The van der Waals surface area contributed by atoms with Crippen LogP contribution in [0.5, 0.6) is 0 Å². The van der Waals surface area contributed by atoms with Crippen LogP contribution in [0.4, 0.5) is 10.1 Å². The minimum atomic E-state index is -0.393. The number of nitrogens with two attached hydrogens (primary N) is 1. The van der Waals surface area contributed by atoms with E-state index in [4.69, 9.17) is 22.7 Å². The van der Waals surface area contributed by atoms with Gasteiger partial charge in [-0.3, -0.25) is 0 Å². The molecule has 5 heteroatoms. The maximum absolute atomic E-state index is 13.7. The highest BCUT2D eigenvalue weighted by molar-refractivity contribution is 7.80. The first kappa shape index (κ1) is 15.2. The van der Waals surface area contributed by atoms with Crippen LogP contribution in [0.1, 0.15) is 37.7 Å². The van der Waals surface area contributed by atoms with Crippen molar-refractivity contribution in [2.75, 3.05) is 18.5 Å². The highest BCUT2D eigenvalue weighted by Crippen LogP contribution is 2.20. The molecule has 1 aromatic carbocycles. The van der Waals surface area contributed by atoms with E-state index in [1.807, 2.05) is 0 Å². The lowest BCUT2D eigenvalue weighted by Gasteiger charge is -2.22. The molecule has 0 spiro atoms. The average Bonchev–Trinajstić information content (AvgIpc) is 2.44. The first-order chi connectivity index (χ1) is 9.66. The lowest BCUT2D eigenvalue weighted by Crippen LogP contribution is -2.20. The third-order valence-electron chi connectivity index (χ3n) is 3.57. The average molecular weight is 296 g/mol. The molecule has 0 unspecified atom stereocenters. The molecule has 110 valence electrons. The van der Waals surface area contributed by atoms with Crippen LogP contribution in [0, 0.1) is 5.82 Å². The van der Waals surface area contributed by atoms with Crippen LogP contribution in [0.2, 0.25) is 0 Å². The van der Waals surface area contributed by atoms with Crippen molar-refractivity contribution in [2.45, 2.75) is 38.2 Å². The van der Waals surface area contributed by atoms with Crippen LogP contribution < -0.4 is 11.1 Å². The van der Waals surface area contributed by atoms with Gasteiger partial charge in [0.25, 0.3) is 0 Å². The second-order valence-electron chi connectivity index (χ2n) is 5.12. The summed E-state index contributed by atoms with van der Waals surface area (Å²) in [7, 11) is 0. The predicted octanol–water partition coefficient (Wildman–Crippen LogP) is 3.22. The molecule has 20 heavy (non-hydrogen) atoms. The van der Waals surface area contributed by atoms with Gasteiger partial charge in [-0.1, -0.05) is 31.5 Å². The number of halogens is 1. The lowest BCUT2D eigenvalue weighted by atomic mass is 9.98. The third kappa shape index (κ3) is 4.42. The number of rotatable bonds is 6. The SMILES string of the molecule is NC(=S)c1ccc(NCCOC2CCCCC2)cc1F. The molecule has 0 bridgehead atoms. The van der Waals surface area contributed by atoms with Crippen molar-refractivity contribution >= 4 is 22.9 Å². The fourth-order valence-corrected chi connectivity index (χ4v) is 2.64. The molecule has 0 radical (unpaired) electrons. The standard InChI is InChI=1S/C15H21FN2OS/c16-14-10-11(6-7-13(14)15(17)20)18-8-9-19-12-4-2-1-3-5-12/h6-7,10,12,18H,1-5,8-9H2,(H2,17,20). The van der Waals surface area contributed by atoms with E-state index in [9.17, 15) is 4.39 Å². The Kier molecular flexibility index (Phi) is 5.73. The second-order valence-corrected chi connectivity index (χ2v) is 5.56. The fourth-order valence-electron chi connectivity index (χ4n) is 2.48. The summed E-state index contributed by atoms with van der Waals surface area (Å²) in [5, 5.41) is 3.14. The maximum Gasteiger partial charge on any atom is 0.135 e. The van der Waals surface area contributed by atoms with E-state index in [-0.39, 0.29) is 10.6 Å². The van der Waals surface area contributed by atoms with E-state index in [2.05, 4.69) is 5.32 Å². The maximum atomic E-state index is 13.7. The van der Waals surface area contributed by atoms with Crippen molar-refractivity contribution in [1.82, 2.24) is 0 Å². The molecule has 0 atom stereocenters. The Labute approximate surface area is 124 Å². The van der Waals surface area contributed by atoms with Crippen molar-refractivity contribution in [2.24, 2.45) is 5.73 Å². The Bertz CT molecular complexity index is 461. The molecule has 1 aliphatic rings. The number of thiocarbonyl (C=S) groups is 1. The minimum absolute atomic E-state index is 0.0784. The van der Waals surface area contributed by atoms with Gasteiger partial charge in [0.15, 0.2) is 0 Å². The molecule has 1 aliphatic carbocycles. The number of nitrogens with one attached hydrogen (secondary N) is 1. The zero-order chi connectivity index (χ0) is 14.4. The van der Waals surface area contributed by atoms with Crippen LogP contribution in [-0.2, 0) is 4.74 Å². The Morgan fingerprint density at radius 3 is 2.75 bits per heavy atom. The summed E-state index contributed by atoms with van der Waals surface area (Å²) < 4.78 is 19.5. The number of ether oxygens (including phenoxy) is 1. The summed E-state index contributed by atoms with van der Waals surface area (Å²) in [4.78, 5) is 0.0784. The number of benzene rings is 1. The monoisotopic (exact) mass is 296 g/mol. The Balaban J connectivity index is 1.73. The molecule has 1 aromatic rings. The smallest absolute Gasteiger partial charge is 0.135 e. The number of hydrogen-bond acceptors (Lipinski definition) is 3. The molecule has 0 aliphatic heterocycles. The summed E-state index contributed by atoms with van der Waals surface area (Å²) in [6, 6.07) is 4.79. The van der Waals surface area contributed by atoms with Gasteiger partial charge in [-0.25, -0.2) is 4.39 Å². The number of anilines is 1. The topological polar surface area (TPSA) is 47.3 Å². The van der Waals surface area contributed by atoms with E-state index in [1.165, 1.54) is 25.3 Å². The summed E-state index contributed by atoms with van der Waals surface area (Å²) in [6.45, 7) is 1.31. The summed E-state index contributed by atoms with van der Waals surface area (Å²) >= 11 is 4.77. The predicted molar refractivity (Wildman–Crippen MR) is 83.6 cm³/mol. The molecule has 1 saturated carbocycles. The fraction of sp³-hybridized carbons (Fsp3) is 0.533. The highest BCUT2D eigenvalue weighted by atomic mass is 32.1. The molecule has 3 nitrogen and oxygen atoms in total. The van der Waals surface area contributed by atoms with E-state index in [1.54, 1.807) is 12.1 Å². The molecule has 0 saturated heterocycles. The first-order valence-electron chi connectivity index (χ1n) is 7.11. The molecule has 1 fully saturated rings. The summed E-state index contributed by atoms with van der Waals surface area (Å²) in [5.74, 6) is -0.393. The quantitative estimate of drug-likeness (QED) is 0.625. The lowest BCUT2D eigenvalue weighted by molar-refractivity contribution is 0.0347. The Morgan fingerprint density at radius 2 is 2.10 bits per heavy atom. The van der Waals surface area contributed by atoms with E-state index in [0.29, 0.717) is 19.3 Å². The van der Waals surface area contributed by atoms with Crippen LogP contribution in [0.15, 0.2) is 18.2 Å². The van der Waals surface area contributed by atoms with Gasteiger partial charge < -0.3 is 15.8 Å². The zero-order valence-electron chi connectivity index (χ0n) is 11.5. The van der Waals surface area contributed by atoms with Gasteiger partial charge in [0.05, 0.1) is 12.7 Å². The van der Waals surface area contributed by atoms with Crippen molar-refractivity contribution < 1.29 is 9.13 Å². The van der Waals surface area contributed by atoms with Crippen LogP contribution in [0.25, 0.3) is 0 Å². The largest absolute Gasteiger partial charge is 0.389 e. The zero-order valence-corrected chi connectivity index (χ0v) is 12.3. The van der Waals surface area contributed by atoms with E-state index >= 15 is 0 Å². The van der Waals surface area contributed by atoms with Gasteiger partial charge in [0, 0.05) is 17.8 Å². The van der Waals surface area contributed by atoms with Gasteiger partial charge >= 0.3 is 0 Å². The molecule has 0 heterocycles. The summed E-state index contributed by atoms with van der Waals surface area (Å²) in [6.07, 6.45) is 6.59. The van der Waals surface area contributed by atoms with Crippen LogP contribution in [-0.4, -0.2) is 24.2 Å². The Morgan fingerprint density at radius 1 is 1.35 bits per heavy atom. The van der Waals surface area contributed by atoms with E-state index in [0.717, 1.165) is 18.5 Å². The first-order valence-corrected chi connectivity index (χ1v) is 7.52. The normalized spacial score (nSPS) is 16.1. The van der Waals surface area contributed by atoms with Crippen LogP contribution in [0.3, 0.4) is 0 Å². The van der Waals surface area contributed by atoms with Crippen molar-refractivity contribution in [3.63, 3.8) is 0 Å². The van der Waals surface area contributed by atoms with Crippen molar-refractivity contribution in [3.05, 3.63) is 29.6 Å². The molecular weight excluding hydrogens is 275 g/mol. The minimum Gasteiger partial charge on any atom is -0.389 e. The van der Waals surface area contributed by atoms with Gasteiger partial charge in [0.1, 0.15) is 10.8 Å².